The lowest BCUT2D eigenvalue weighted by Crippen LogP contribution is -2.29. The van der Waals surface area contributed by atoms with Crippen LogP contribution in [0.1, 0.15) is 31.2 Å². The summed E-state index contributed by atoms with van der Waals surface area (Å²) in [5.41, 5.74) is 2.61. The second-order valence-electron chi connectivity index (χ2n) is 6.39. The van der Waals surface area contributed by atoms with E-state index in [-0.39, 0.29) is 11.6 Å². The Hall–Kier alpha value is -2.25. The lowest BCUT2D eigenvalue weighted by Gasteiger charge is -2.13. The van der Waals surface area contributed by atoms with Gasteiger partial charge in [-0.1, -0.05) is 37.6 Å². The summed E-state index contributed by atoms with van der Waals surface area (Å²) < 4.78 is 4.05. The highest BCUT2D eigenvalue weighted by molar-refractivity contribution is 9.10. The van der Waals surface area contributed by atoms with Crippen molar-refractivity contribution in [3.63, 3.8) is 0 Å². The molecule has 0 saturated heterocycles. The molecule has 26 heavy (non-hydrogen) atoms. The molecule has 0 N–H and O–H groups in total. The highest BCUT2D eigenvalue weighted by Crippen LogP contribution is 2.22. The molecule has 4 aromatic rings. The van der Waals surface area contributed by atoms with Crippen molar-refractivity contribution < 1.29 is 0 Å². The number of benzene rings is 1. The average Bonchev–Trinajstić information content (AvgIpc) is 3.06. The normalized spacial score (nSPS) is 11.7. The fraction of sp³-hybridized carbons (Fsp3) is 0.222. The summed E-state index contributed by atoms with van der Waals surface area (Å²) in [5, 5.41) is 9.10. The van der Waals surface area contributed by atoms with Crippen LogP contribution in [0.4, 0.5) is 0 Å². The molecule has 4 rings (SSSR count). The van der Waals surface area contributed by atoms with Gasteiger partial charge in [-0.3, -0.25) is 4.57 Å². The Bertz CT molecular complexity index is 1180. The highest BCUT2D eigenvalue weighted by atomic mass is 79.9. The van der Waals surface area contributed by atoms with Crippen molar-refractivity contribution in [2.24, 2.45) is 0 Å². The van der Waals surface area contributed by atoms with E-state index in [1.54, 1.807) is 15.2 Å². The third kappa shape index (κ3) is 2.81. The molecule has 0 spiro atoms. The van der Waals surface area contributed by atoms with Crippen LogP contribution < -0.4 is 5.69 Å². The van der Waals surface area contributed by atoms with Crippen molar-refractivity contribution in [1.82, 2.24) is 24.1 Å². The molecule has 3 heterocycles. The van der Waals surface area contributed by atoms with Gasteiger partial charge in [-0.05, 0) is 39.7 Å². The fourth-order valence-electron chi connectivity index (χ4n) is 2.97. The average molecular weight is 433 g/mol. The van der Waals surface area contributed by atoms with Crippen molar-refractivity contribution in [2.45, 2.75) is 26.3 Å². The topological polar surface area (TPSA) is 65.1 Å². The van der Waals surface area contributed by atoms with Crippen LogP contribution in [0.25, 0.3) is 16.7 Å². The standard InChI is InChI=1S/C18H15BrClN5O/c1-10(2)16-22-23-17-15-14(7-12(19)8-21-15)24(18(26)25(16)17)9-11-3-5-13(20)6-4-11/h3-8,10H,9H2,1-2H3. The molecular formula is C18H15BrClN5O. The van der Waals surface area contributed by atoms with Gasteiger partial charge in [-0.15, -0.1) is 10.2 Å². The Morgan fingerprint density at radius 3 is 2.62 bits per heavy atom. The van der Waals surface area contributed by atoms with Gasteiger partial charge in [0.25, 0.3) is 0 Å². The third-order valence-electron chi connectivity index (χ3n) is 4.22. The van der Waals surface area contributed by atoms with E-state index >= 15 is 0 Å². The van der Waals surface area contributed by atoms with Crippen LogP contribution in [0.5, 0.6) is 0 Å². The first-order chi connectivity index (χ1) is 12.5. The van der Waals surface area contributed by atoms with E-state index in [4.69, 9.17) is 11.6 Å². The van der Waals surface area contributed by atoms with E-state index in [0.29, 0.717) is 34.1 Å². The monoisotopic (exact) mass is 431 g/mol. The maximum Gasteiger partial charge on any atom is 0.336 e. The van der Waals surface area contributed by atoms with Crippen LogP contribution in [0.2, 0.25) is 5.02 Å². The van der Waals surface area contributed by atoms with E-state index in [0.717, 1.165) is 10.0 Å². The van der Waals surface area contributed by atoms with Crippen LogP contribution in [0.15, 0.2) is 45.8 Å². The van der Waals surface area contributed by atoms with Gasteiger partial charge in [0, 0.05) is 21.6 Å². The Morgan fingerprint density at radius 1 is 1.19 bits per heavy atom. The fourth-order valence-corrected chi connectivity index (χ4v) is 3.41. The second-order valence-corrected chi connectivity index (χ2v) is 7.74. The number of halogens is 2. The first-order valence-electron chi connectivity index (χ1n) is 8.13. The molecule has 0 bridgehead atoms. The molecule has 8 heteroatoms. The zero-order valence-corrected chi connectivity index (χ0v) is 16.5. The van der Waals surface area contributed by atoms with Crippen molar-refractivity contribution in [3.05, 3.63) is 67.9 Å². The minimum absolute atomic E-state index is 0.0644. The third-order valence-corrected chi connectivity index (χ3v) is 4.90. The Morgan fingerprint density at radius 2 is 1.92 bits per heavy atom. The molecule has 0 fully saturated rings. The number of nitrogens with zero attached hydrogens (tertiary/aromatic N) is 5. The molecule has 6 nitrogen and oxygen atoms in total. The number of aromatic nitrogens is 5. The summed E-state index contributed by atoms with van der Waals surface area (Å²) >= 11 is 9.42. The van der Waals surface area contributed by atoms with E-state index in [1.807, 2.05) is 44.2 Å². The van der Waals surface area contributed by atoms with Gasteiger partial charge in [-0.2, -0.15) is 0 Å². The summed E-state index contributed by atoms with van der Waals surface area (Å²) in [6.07, 6.45) is 1.70. The minimum Gasteiger partial charge on any atom is -0.287 e. The summed E-state index contributed by atoms with van der Waals surface area (Å²) in [6, 6.07) is 9.32. The predicted molar refractivity (Wildman–Crippen MR) is 105 cm³/mol. The molecule has 0 saturated carbocycles. The van der Waals surface area contributed by atoms with Gasteiger partial charge in [0.1, 0.15) is 11.3 Å². The molecule has 0 amide bonds. The van der Waals surface area contributed by atoms with Crippen LogP contribution in [-0.4, -0.2) is 24.1 Å². The predicted octanol–water partition coefficient (Wildman–Crippen LogP) is 4.03. The molecule has 0 aliphatic rings. The number of hydrogen-bond donors (Lipinski definition) is 0. The number of pyridine rings is 1. The highest BCUT2D eigenvalue weighted by Gasteiger charge is 2.19. The molecular weight excluding hydrogens is 418 g/mol. The van der Waals surface area contributed by atoms with E-state index < -0.39 is 0 Å². The number of rotatable bonds is 3. The molecule has 0 aliphatic heterocycles. The molecule has 3 aromatic heterocycles. The van der Waals surface area contributed by atoms with E-state index in [1.165, 1.54) is 0 Å². The summed E-state index contributed by atoms with van der Waals surface area (Å²) in [7, 11) is 0. The van der Waals surface area contributed by atoms with Gasteiger partial charge in [0.05, 0.1) is 12.1 Å². The maximum atomic E-state index is 13.3. The number of hydrogen-bond acceptors (Lipinski definition) is 4. The van der Waals surface area contributed by atoms with Crippen LogP contribution >= 0.6 is 27.5 Å². The van der Waals surface area contributed by atoms with Crippen LogP contribution in [-0.2, 0) is 6.54 Å². The van der Waals surface area contributed by atoms with Crippen molar-refractivity contribution >= 4 is 44.2 Å². The van der Waals surface area contributed by atoms with Crippen molar-refractivity contribution in [2.75, 3.05) is 0 Å². The van der Waals surface area contributed by atoms with Gasteiger partial charge in [0.15, 0.2) is 5.65 Å². The van der Waals surface area contributed by atoms with Gasteiger partial charge in [-0.25, -0.2) is 14.2 Å². The molecule has 0 unspecified atom stereocenters. The van der Waals surface area contributed by atoms with Gasteiger partial charge >= 0.3 is 5.69 Å². The Balaban J connectivity index is 2.06. The van der Waals surface area contributed by atoms with Gasteiger partial charge in [0.2, 0.25) is 0 Å². The first-order valence-corrected chi connectivity index (χ1v) is 9.30. The van der Waals surface area contributed by atoms with Crippen LogP contribution in [0, 0.1) is 0 Å². The van der Waals surface area contributed by atoms with Crippen LogP contribution in [0.3, 0.4) is 0 Å². The molecule has 132 valence electrons. The largest absolute Gasteiger partial charge is 0.336 e. The first kappa shape index (κ1) is 17.2. The summed E-state index contributed by atoms with van der Waals surface area (Å²) in [6.45, 7) is 4.37. The van der Waals surface area contributed by atoms with E-state index in [9.17, 15) is 4.79 Å². The quantitative estimate of drug-likeness (QED) is 0.490. The molecule has 0 atom stereocenters. The molecule has 0 aliphatic carbocycles. The Kier molecular flexibility index (Phi) is 4.28. The van der Waals surface area contributed by atoms with Crippen molar-refractivity contribution in [3.8, 4) is 0 Å². The van der Waals surface area contributed by atoms with Gasteiger partial charge < -0.3 is 0 Å². The molecule has 1 aromatic carbocycles. The minimum atomic E-state index is -0.184. The summed E-state index contributed by atoms with van der Waals surface area (Å²) in [4.78, 5) is 17.8. The zero-order chi connectivity index (χ0) is 18.4. The molecule has 0 radical (unpaired) electrons. The lowest BCUT2D eigenvalue weighted by molar-refractivity contribution is 0.696. The maximum absolute atomic E-state index is 13.3. The zero-order valence-electron chi connectivity index (χ0n) is 14.1. The van der Waals surface area contributed by atoms with Crippen molar-refractivity contribution in [1.29, 1.82) is 0 Å². The SMILES string of the molecule is CC(C)c1nnc2c3ncc(Br)cc3n(Cc3ccc(Cl)cc3)c(=O)n12. The second kappa shape index (κ2) is 6.48. The summed E-state index contributed by atoms with van der Waals surface area (Å²) in [5.74, 6) is 0.691. The number of fused-ring (bicyclic) bond motifs is 3. The Labute approximate surface area is 162 Å². The smallest absolute Gasteiger partial charge is 0.287 e. The van der Waals surface area contributed by atoms with E-state index in [2.05, 4.69) is 31.1 Å². The lowest BCUT2D eigenvalue weighted by atomic mass is 10.2.